The van der Waals surface area contributed by atoms with E-state index in [0.29, 0.717) is 28.1 Å². The summed E-state index contributed by atoms with van der Waals surface area (Å²) in [5, 5.41) is 11.8. The minimum absolute atomic E-state index is 0.135. The van der Waals surface area contributed by atoms with Gasteiger partial charge in [0, 0.05) is 10.4 Å². The first-order chi connectivity index (χ1) is 14.2. The summed E-state index contributed by atoms with van der Waals surface area (Å²) in [6.07, 6.45) is 4.12. The molecule has 0 spiro atoms. The molecule has 4 aromatic heterocycles. The van der Waals surface area contributed by atoms with Crippen molar-refractivity contribution in [2.24, 2.45) is 0 Å². The Morgan fingerprint density at radius 1 is 1.14 bits per heavy atom. The monoisotopic (exact) mass is 408 g/mol. The topological polar surface area (TPSA) is 102 Å². The second-order valence-electron chi connectivity index (χ2n) is 6.96. The van der Waals surface area contributed by atoms with E-state index < -0.39 is 0 Å². The maximum atomic E-state index is 13.1. The van der Waals surface area contributed by atoms with Crippen LogP contribution >= 0.6 is 11.3 Å². The van der Waals surface area contributed by atoms with Crippen molar-refractivity contribution >= 4 is 27.2 Å². The highest BCUT2D eigenvalue weighted by Gasteiger charge is 2.24. The number of nitrogens with zero attached hydrogens (tertiary/aromatic N) is 5. The average Bonchev–Trinajstić information content (AvgIpc) is 3.44. The number of aryl methyl sites for hydroxylation is 2. The largest absolute Gasteiger partial charge is 0.332 e. The van der Waals surface area contributed by atoms with Crippen LogP contribution in [0.2, 0.25) is 0 Å². The summed E-state index contributed by atoms with van der Waals surface area (Å²) in [6.45, 7) is 0. The molecule has 6 rings (SSSR count). The fourth-order valence-electron chi connectivity index (χ4n) is 3.81. The van der Waals surface area contributed by atoms with E-state index in [0.717, 1.165) is 36.1 Å². The summed E-state index contributed by atoms with van der Waals surface area (Å²) in [7, 11) is 0. The second kappa shape index (κ2) is 6.05. The van der Waals surface area contributed by atoms with Crippen molar-refractivity contribution in [1.82, 2.24) is 30.0 Å². The number of hydrogen-bond acceptors (Lipinski definition) is 7. The second-order valence-corrected chi connectivity index (χ2v) is 8.04. The molecule has 0 aliphatic heterocycles. The van der Waals surface area contributed by atoms with Gasteiger partial charge in [0.15, 0.2) is 11.3 Å². The van der Waals surface area contributed by atoms with Crippen LogP contribution in [-0.2, 0) is 12.8 Å². The Balaban J connectivity index is 1.52. The molecule has 1 aliphatic carbocycles. The van der Waals surface area contributed by atoms with Crippen LogP contribution in [0.3, 0.4) is 0 Å². The molecule has 0 radical (unpaired) electrons. The van der Waals surface area contributed by atoms with Crippen molar-refractivity contribution in [2.45, 2.75) is 25.7 Å². The molecule has 0 saturated heterocycles. The van der Waals surface area contributed by atoms with Crippen LogP contribution in [0, 0.1) is 5.82 Å². The first-order valence-corrected chi connectivity index (χ1v) is 10.0. The first-order valence-electron chi connectivity index (χ1n) is 9.20. The van der Waals surface area contributed by atoms with Gasteiger partial charge in [0.1, 0.15) is 10.6 Å². The van der Waals surface area contributed by atoms with Gasteiger partial charge in [0.2, 0.25) is 5.82 Å². The number of benzene rings is 1. The van der Waals surface area contributed by atoms with E-state index in [-0.39, 0.29) is 17.3 Å². The molecule has 1 N–H and O–H groups in total. The van der Waals surface area contributed by atoms with Gasteiger partial charge in [-0.3, -0.25) is 4.79 Å². The van der Waals surface area contributed by atoms with Crippen LogP contribution in [0.15, 0.2) is 33.6 Å². The molecule has 10 heteroatoms. The maximum Gasteiger partial charge on any atom is 0.282 e. The Morgan fingerprint density at radius 3 is 2.83 bits per heavy atom. The van der Waals surface area contributed by atoms with Gasteiger partial charge in [0.25, 0.3) is 11.4 Å². The lowest BCUT2D eigenvalue weighted by Crippen LogP contribution is -2.11. The summed E-state index contributed by atoms with van der Waals surface area (Å²) in [4.78, 5) is 23.5. The Hall–Kier alpha value is -3.40. The fraction of sp³-hybridized carbons (Fsp3) is 0.211. The van der Waals surface area contributed by atoms with Crippen molar-refractivity contribution in [3.05, 3.63) is 50.9 Å². The third kappa shape index (κ3) is 2.45. The minimum Gasteiger partial charge on any atom is -0.332 e. The van der Waals surface area contributed by atoms with Gasteiger partial charge in [-0.05, 0) is 55.5 Å². The van der Waals surface area contributed by atoms with Gasteiger partial charge in [-0.2, -0.15) is 9.97 Å². The molecule has 4 heterocycles. The molecule has 0 amide bonds. The van der Waals surface area contributed by atoms with E-state index in [1.165, 1.54) is 17.0 Å². The Bertz CT molecular complexity index is 1450. The zero-order valence-corrected chi connectivity index (χ0v) is 15.8. The van der Waals surface area contributed by atoms with Crippen LogP contribution in [0.4, 0.5) is 4.39 Å². The molecule has 1 aliphatic rings. The SMILES string of the molecule is O=c1nc2c(-c3nc(-c4ccc(F)cc4)no3)n[nH]n2c2sc3c(c12)CCCC3. The lowest BCUT2D eigenvalue weighted by Gasteiger charge is -2.09. The van der Waals surface area contributed by atoms with E-state index in [1.807, 2.05) is 0 Å². The maximum absolute atomic E-state index is 13.1. The number of H-pyrrole nitrogens is 1. The fourth-order valence-corrected chi connectivity index (χ4v) is 5.15. The molecule has 0 bridgehead atoms. The highest BCUT2D eigenvalue weighted by molar-refractivity contribution is 7.18. The van der Waals surface area contributed by atoms with Crippen LogP contribution < -0.4 is 5.56 Å². The van der Waals surface area contributed by atoms with E-state index in [2.05, 4.69) is 25.4 Å². The Morgan fingerprint density at radius 2 is 1.97 bits per heavy atom. The zero-order chi connectivity index (χ0) is 19.5. The van der Waals surface area contributed by atoms with Gasteiger partial charge in [-0.25, -0.2) is 14.1 Å². The van der Waals surface area contributed by atoms with Crippen molar-refractivity contribution in [3.63, 3.8) is 0 Å². The molecule has 5 aromatic rings. The Kier molecular flexibility index (Phi) is 3.45. The van der Waals surface area contributed by atoms with Crippen LogP contribution in [0.5, 0.6) is 0 Å². The molecule has 0 atom stereocenters. The van der Waals surface area contributed by atoms with E-state index in [9.17, 15) is 9.18 Å². The summed E-state index contributed by atoms with van der Waals surface area (Å²) in [5.74, 6) is 0.0915. The third-order valence-corrected chi connectivity index (χ3v) is 6.47. The summed E-state index contributed by atoms with van der Waals surface area (Å²) in [6, 6.07) is 5.78. The molecule has 144 valence electrons. The van der Waals surface area contributed by atoms with Crippen LogP contribution in [-0.4, -0.2) is 30.0 Å². The smallest absolute Gasteiger partial charge is 0.282 e. The summed E-state index contributed by atoms with van der Waals surface area (Å²) in [5.41, 5.74) is 2.11. The number of halogens is 1. The zero-order valence-electron chi connectivity index (χ0n) is 15.0. The molecular formula is C19H13FN6O2S. The summed E-state index contributed by atoms with van der Waals surface area (Å²) >= 11 is 1.60. The van der Waals surface area contributed by atoms with Crippen molar-refractivity contribution in [3.8, 4) is 23.0 Å². The lowest BCUT2D eigenvalue weighted by atomic mass is 9.97. The van der Waals surface area contributed by atoms with Crippen molar-refractivity contribution < 1.29 is 8.91 Å². The summed E-state index contributed by atoms with van der Waals surface area (Å²) < 4.78 is 20.2. The number of hydrogen-bond donors (Lipinski definition) is 1. The molecule has 1 aromatic carbocycles. The number of aromatic nitrogens is 6. The van der Waals surface area contributed by atoms with Gasteiger partial charge < -0.3 is 4.52 Å². The molecule has 0 fully saturated rings. The number of rotatable bonds is 2. The normalized spacial score (nSPS) is 14.0. The van der Waals surface area contributed by atoms with Crippen LogP contribution in [0.25, 0.3) is 38.8 Å². The third-order valence-electron chi connectivity index (χ3n) is 5.19. The first kappa shape index (κ1) is 16.5. The van der Waals surface area contributed by atoms with E-state index in [1.54, 1.807) is 28.0 Å². The molecule has 29 heavy (non-hydrogen) atoms. The van der Waals surface area contributed by atoms with Crippen molar-refractivity contribution in [2.75, 3.05) is 0 Å². The Labute approximate surface area is 166 Å². The minimum atomic E-state index is -0.345. The molecule has 0 unspecified atom stereocenters. The lowest BCUT2D eigenvalue weighted by molar-refractivity contribution is 0.431. The number of thiophene rings is 1. The highest BCUT2D eigenvalue weighted by atomic mass is 32.1. The number of nitrogens with one attached hydrogen (secondary N) is 1. The highest BCUT2D eigenvalue weighted by Crippen LogP contribution is 2.35. The standard InChI is InChI=1S/C19H13FN6O2S/c20-10-7-5-9(6-8-10)15-21-18(28-24-15)14-16-22-17(27)13-11-3-1-2-4-12(11)29-19(13)26(16)25-23-14/h5-8,25H,1-4H2. The van der Waals surface area contributed by atoms with Gasteiger partial charge in [0.05, 0.1) is 5.39 Å². The van der Waals surface area contributed by atoms with E-state index in [4.69, 9.17) is 4.52 Å². The molecule has 0 saturated carbocycles. The molecular weight excluding hydrogens is 395 g/mol. The van der Waals surface area contributed by atoms with Gasteiger partial charge >= 0.3 is 0 Å². The predicted octanol–water partition coefficient (Wildman–Crippen LogP) is 3.37. The van der Waals surface area contributed by atoms with Crippen LogP contribution in [0.1, 0.15) is 23.3 Å². The van der Waals surface area contributed by atoms with Crippen molar-refractivity contribution in [1.29, 1.82) is 0 Å². The van der Waals surface area contributed by atoms with Gasteiger partial charge in [-0.15, -0.1) is 16.4 Å². The predicted molar refractivity (Wildman–Crippen MR) is 104 cm³/mol. The number of fused-ring (bicyclic) bond motifs is 5. The number of aromatic amines is 1. The van der Waals surface area contributed by atoms with Gasteiger partial charge in [-0.1, -0.05) is 5.16 Å². The average molecular weight is 408 g/mol. The molecule has 8 nitrogen and oxygen atoms in total. The van der Waals surface area contributed by atoms with E-state index >= 15 is 0 Å². The quantitative estimate of drug-likeness (QED) is 0.481.